The van der Waals surface area contributed by atoms with Crippen LogP contribution in [0.2, 0.25) is 0 Å². The molecule has 26 heavy (non-hydrogen) atoms. The van der Waals surface area contributed by atoms with Crippen molar-refractivity contribution in [3.63, 3.8) is 0 Å². The van der Waals surface area contributed by atoms with Gasteiger partial charge in [-0.25, -0.2) is 0 Å². The second-order valence-corrected chi connectivity index (χ2v) is 8.61. The van der Waals surface area contributed by atoms with Crippen LogP contribution in [0.25, 0.3) is 0 Å². The topological polar surface area (TPSA) is 18.5 Å². The summed E-state index contributed by atoms with van der Waals surface area (Å²) in [6.45, 7) is 6.43. The van der Waals surface area contributed by atoms with Gasteiger partial charge >= 0.3 is 0 Å². The molecule has 0 bridgehead atoms. The average molecular weight is 374 g/mol. The van der Waals surface area contributed by atoms with E-state index >= 15 is 0 Å². The molecule has 1 N–H and O–H groups in total. The van der Waals surface area contributed by atoms with E-state index in [9.17, 15) is 0 Å². The first kappa shape index (κ1) is 19.6. The second-order valence-electron chi connectivity index (χ2n) is 8.23. The van der Waals surface area contributed by atoms with Gasteiger partial charge in [-0.3, -0.25) is 0 Å². The molecule has 1 aliphatic carbocycles. The number of piperidine rings is 1. The number of rotatable bonds is 3. The summed E-state index contributed by atoms with van der Waals surface area (Å²) >= 11 is 5.72. The molecule has 1 aromatic rings. The minimum Gasteiger partial charge on any atom is -0.349 e. The Hall–Kier alpha value is -1.13. The predicted molar refractivity (Wildman–Crippen MR) is 116 cm³/mol. The summed E-state index contributed by atoms with van der Waals surface area (Å²) in [6.07, 6.45) is 10.9. The van der Waals surface area contributed by atoms with Crippen LogP contribution in [-0.4, -0.2) is 47.1 Å². The van der Waals surface area contributed by atoms with Crippen LogP contribution in [0.4, 0.5) is 5.69 Å². The van der Waals surface area contributed by atoms with Crippen molar-refractivity contribution in [2.24, 2.45) is 0 Å². The summed E-state index contributed by atoms with van der Waals surface area (Å²) in [5.74, 6) is 0. The molecular weight excluding hydrogens is 338 g/mol. The Morgan fingerprint density at radius 2 is 1.50 bits per heavy atom. The third kappa shape index (κ3) is 4.77. The molecule has 0 unspecified atom stereocenters. The lowest BCUT2D eigenvalue weighted by molar-refractivity contribution is 0.111. The van der Waals surface area contributed by atoms with Gasteiger partial charge in [-0.2, -0.15) is 0 Å². The molecule has 2 aliphatic rings. The fourth-order valence-electron chi connectivity index (χ4n) is 4.64. The van der Waals surface area contributed by atoms with E-state index in [-0.39, 0.29) is 0 Å². The number of nitrogens with one attached hydrogen (secondary N) is 1. The summed E-state index contributed by atoms with van der Waals surface area (Å²) in [6, 6.07) is 7.91. The number of anilines is 1. The largest absolute Gasteiger partial charge is 0.349 e. The molecule has 144 valence electrons. The molecule has 2 fully saturated rings. The normalized spacial score (nSPS) is 20.2. The first-order valence-electron chi connectivity index (χ1n) is 10.4. The SMILES string of the molecule is Cc1cccc(C)c1NC(=S)N1CCC(N(C)C2CCCCCC2)CC1. The molecule has 3 rings (SSSR count). The van der Waals surface area contributed by atoms with E-state index in [2.05, 4.69) is 54.2 Å². The number of benzene rings is 1. The Morgan fingerprint density at radius 3 is 2.08 bits per heavy atom. The van der Waals surface area contributed by atoms with Gasteiger partial charge in [-0.05, 0) is 69.9 Å². The summed E-state index contributed by atoms with van der Waals surface area (Å²) < 4.78 is 0. The van der Waals surface area contributed by atoms with E-state index in [1.165, 1.54) is 68.2 Å². The van der Waals surface area contributed by atoms with Gasteiger partial charge in [0.2, 0.25) is 0 Å². The molecule has 1 aliphatic heterocycles. The third-order valence-corrected chi connectivity index (χ3v) is 6.80. The van der Waals surface area contributed by atoms with Crippen molar-refractivity contribution in [3.05, 3.63) is 29.3 Å². The molecule has 0 spiro atoms. The van der Waals surface area contributed by atoms with Gasteiger partial charge in [-0.15, -0.1) is 0 Å². The van der Waals surface area contributed by atoms with Gasteiger partial charge < -0.3 is 15.1 Å². The van der Waals surface area contributed by atoms with Crippen LogP contribution in [-0.2, 0) is 0 Å². The maximum Gasteiger partial charge on any atom is 0.173 e. The van der Waals surface area contributed by atoms with Gasteiger partial charge in [0, 0.05) is 30.9 Å². The van der Waals surface area contributed by atoms with Crippen LogP contribution < -0.4 is 5.32 Å². The van der Waals surface area contributed by atoms with Gasteiger partial charge in [-0.1, -0.05) is 43.9 Å². The molecule has 1 aromatic carbocycles. The molecule has 3 nitrogen and oxygen atoms in total. The highest BCUT2D eigenvalue weighted by Crippen LogP contribution is 2.26. The molecule has 0 aromatic heterocycles. The lowest BCUT2D eigenvalue weighted by atomic mass is 9.99. The summed E-state index contributed by atoms with van der Waals surface area (Å²) in [5, 5.41) is 4.39. The minimum atomic E-state index is 0.720. The number of aryl methyl sites for hydroxylation is 2. The van der Waals surface area contributed by atoms with Crippen LogP contribution in [0.1, 0.15) is 62.5 Å². The van der Waals surface area contributed by atoms with E-state index < -0.39 is 0 Å². The van der Waals surface area contributed by atoms with Crippen molar-refractivity contribution in [2.45, 2.75) is 77.3 Å². The van der Waals surface area contributed by atoms with Crippen molar-refractivity contribution in [2.75, 3.05) is 25.5 Å². The fraction of sp³-hybridized carbons (Fsp3) is 0.682. The molecular formula is C22H35N3S. The van der Waals surface area contributed by atoms with E-state index in [0.29, 0.717) is 0 Å². The highest BCUT2D eigenvalue weighted by atomic mass is 32.1. The van der Waals surface area contributed by atoms with Crippen LogP contribution in [0.15, 0.2) is 18.2 Å². The van der Waals surface area contributed by atoms with Gasteiger partial charge in [0.15, 0.2) is 5.11 Å². The Balaban J connectivity index is 1.52. The van der Waals surface area contributed by atoms with Crippen molar-refractivity contribution in [1.82, 2.24) is 9.80 Å². The number of nitrogens with zero attached hydrogens (tertiary/aromatic N) is 2. The quantitative estimate of drug-likeness (QED) is 0.585. The smallest absolute Gasteiger partial charge is 0.173 e. The number of hydrogen-bond donors (Lipinski definition) is 1. The third-order valence-electron chi connectivity index (χ3n) is 6.44. The lowest BCUT2D eigenvalue weighted by Crippen LogP contribution is -2.49. The Labute approximate surface area is 165 Å². The van der Waals surface area contributed by atoms with Crippen LogP contribution in [0.3, 0.4) is 0 Å². The maximum atomic E-state index is 5.72. The van der Waals surface area contributed by atoms with Gasteiger partial charge in [0.25, 0.3) is 0 Å². The zero-order chi connectivity index (χ0) is 18.5. The molecule has 1 saturated carbocycles. The van der Waals surface area contributed by atoms with E-state index in [4.69, 9.17) is 12.2 Å². The first-order chi connectivity index (χ1) is 12.6. The summed E-state index contributed by atoms with van der Waals surface area (Å²) in [4.78, 5) is 5.06. The average Bonchev–Trinajstić information content (AvgIpc) is 2.94. The summed E-state index contributed by atoms with van der Waals surface area (Å²) in [7, 11) is 2.36. The van der Waals surface area contributed by atoms with E-state index in [0.717, 1.165) is 30.3 Å². The Bertz CT molecular complexity index is 579. The number of thiocarbonyl (C=S) groups is 1. The second kappa shape index (κ2) is 9.18. The van der Waals surface area contributed by atoms with Crippen LogP contribution in [0.5, 0.6) is 0 Å². The molecule has 0 amide bonds. The Morgan fingerprint density at radius 1 is 0.962 bits per heavy atom. The van der Waals surface area contributed by atoms with Crippen molar-refractivity contribution >= 4 is 23.0 Å². The lowest BCUT2D eigenvalue weighted by Gasteiger charge is -2.41. The predicted octanol–water partition coefficient (Wildman–Crippen LogP) is 5.12. The molecule has 4 heteroatoms. The standard InChI is InChI=1S/C22H35N3S/c1-17-9-8-10-18(2)21(17)23-22(26)25-15-13-20(14-16-25)24(3)19-11-6-4-5-7-12-19/h8-10,19-20H,4-7,11-16H2,1-3H3,(H,23,26). The Kier molecular flexibility index (Phi) is 6.93. The highest BCUT2D eigenvalue weighted by molar-refractivity contribution is 7.80. The summed E-state index contributed by atoms with van der Waals surface area (Å²) in [5.41, 5.74) is 3.70. The molecule has 1 saturated heterocycles. The number of hydrogen-bond acceptors (Lipinski definition) is 2. The van der Waals surface area contributed by atoms with Gasteiger partial charge in [0.05, 0.1) is 0 Å². The van der Waals surface area contributed by atoms with Gasteiger partial charge in [0.1, 0.15) is 0 Å². The number of likely N-dealkylation sites (tertiary alicyclic amines) is 1. The van der Waals surface area contributed by atoms with Crippen LogP contribution in [0, 0.1) is 13.8 Å². The fourth-order valence-corrected chi connectivity index (χ4v) is 4.92. The van der Waals surface area contributed by atoms with Crippen molar-refractivity contribution in [1.29, 1.82) is 0 Å². The van der Waals surface area contributed by atoms with Crippen LogP contribution >= 0.6 is 12.2 Å². The molecule has 0 radical (unpaired) electrons. The van der Waals surface area contributed by atoms with E-state index in [1.807, 2.05) is 0 Å². The first-order valence-corrected chi connectivity index (χ1v) is 10.8. The molecule has 1 heterocycles. The zero-order valence-corrected chi connectivity index (χ0v) is 17.6. The monoisotopic (exact) mass is 373 g/mol. The zero-order valence-electron chi connectivity index (χ0n) is 16.8. The maximum absolute atomic E-state index is 5.72. The van der Waals surface area contributed by atoms with Crippen molar-refractivity contribution in [3.8, 4) is 0 Å². The highest BCUT2D eigenvalue weighted by Gasteiger charge is 2.28. The number of para-hydroxylation sites is 1. The van der Waals surface area contributed by atoms with E-state index in [1.54, 1.807) is 0 Å². The molecule has 0 atom stereocenters. The van der Waals surface area contributed by atoms with Crippen molar-refractivity contribution < 1.29 is 0 Å². The minimum absolute atomic E-state index is 0.720.